The highest BCUT2D eigenvalue weighted by molar-refractivity contribution is 7.25. The maximum absolute atomic E-state index is 2.43. The first-order chi connectivity index (χ1) is 25.3. The molecule has 0 aliphatic heterocycles. The summed E-state index contributed by atoms with van der Waals surface area (Å²) in [6.45, 7) is 0. The van der Waals surface area contributed by atoms with Crippen LogP contribution in [0.5, 0.6) is 0 Å². The Hall–Kier alpha value is -6.42. The molecule has 0 saturated carbocycles. The summed E-state index contributed by atoms with van der Waals surface area (Å²) in [4.78, 5) is 0. The average molecular weight is 667 g/mol. The van der Waals surface area contributed by atoms with E-state index in [1.165, 1.54) is 91.7 Å². The molecule has 2 nitrogen and oxygen atoms in total. The number of aromatic nitrogens is 2. The highest BCUT2D eigenvalue weighted by atomic mass is 32.1. The Morgan fingerprint density at radius 1 is 0.314 bits per heavy atom. The van der Waals surface area contributed by atoms with Gasteiger partial charge in [-0.25, -0.2) is 0 Å². The quantitative estimate of drug-likeness (QED) is 0.177. The van der Waals surface area contributed by atoms with Crippen LogP contribution in [-0.4, -0.2) is 9.13 Å². The van der Waals surface area contributed by atoms with Gasteiger partial charge >= 0.3 is 0 Å². The van der Waals surface area contributed by atoms with Crippen molar-refractivity contribution in [2.24, 2.45) is 0 Å². The van der Waals surface area contributed by atoms with Crippen LogP contribution >= 0.6 is 11.3 Å². The first-order valence-electron chi connectivity index (χ1n) is 17.4. The molecule has 0 spiro atoms. The van der Waals surface area contributed by atoms with Crippen molar-refractivity contribution in [2.45, 2.75) is 0 Å². The summed E-state index contributed by atoms with van der Waals surface area (Å²) in [5.41, 5.74) is 12.1. The smallest absolute Gasteiger partial charge is 0.0619 e. The molecule has 11 aromatic rings. The minimum Gasteiger partial charge on any atom is -0.309 e. The zero-order valence-corrected chi connectivity index (χ0v) is 28.4. The Bertz CT molecular complexity index is 3130. The summed E-state index contributed by atoms with van der Waals surface area (Å²) >= 11 is 1.86. The lowest BCUT2D eigenvalue weighted by molar-refractivity contribution is 1.18. The van der Waals surface area contributed by atoms with E-state index in [0.717, 1.165) is 5.69 Å². The molecule has 0 aliphatic carbocycles. The molecule has 3 heterocycles. The number of fused-ring (bicyclic) bond motifs is 9. The van der Waals surface area contributed by atoms with E-state index in [1.807, 2.05) is 11.3 Å². The van der Waals surface area contributed by atoms with E-state index >= 15 is 0 Å². The van der Waals surface area contributed by atoms with E-state index in [1.54, 1.807) is 0 Å². The monoisotopic (exact) mass is 666 g/mol. The van der Waals surface area contributed by atoms with Gasteiger partial charge in [-0.2, -0.15) is 0 Å². The Kier molecular flexibility index (Phi) is 6.16. The van der Waals surface area contributed by atoms with Gasteiger partial charge in [0.15, 0.2) is 0 Å². The highest BCUT2D eigenvalue weighted by Gasteiger charge is 2.19. The number of hydrogen-bond acceptors (Lipinski definition) is 1. The van der Waals surface area contributed by atoms with Crippen LogP contribution in [0.4, 0.5) is 0 Å². The summed E-state index contributed by atoms with van der Waals surface area (Å²) < 4.78 is 7.52. The van der Waals surface area contributed by atoms with Gasteiger partial charge in [0.25, 0.3) is 0 Å². The molecule has 0 saturated heterocycles. The van der Waals surface area contributed by atoms with Crippen molar-refractivity contribution in [3.05, 3.63) is 182 Å². The fourth-order valence-corrected chi connectivity index (χ4v) is 9.31. The van der Waals surface area contributed by atoms with E-state index in [2.05, 4.69) is 191 Å². The molecule has 238 valence electrons. The third kappa shape index (κ3) is 4.29. The van der Waals surface area contributed by atoms with E-state index < -0.39 is 0 Å². The predicted octanol–water partition coefficient (Wildman–Crippen LogP) is 13.6. The zero-order valence-electron chi connectivity index (χ0n) is 27.6. The van der Waals surface area contributed by atoms with Crippen molar-refractivity contribution >= 4 is 75.1 Å². The summed E-state index contributed by atoms with van der Waals surface area (Å²) in [5, 5.41) is 7.67. The van der Waals surface area contributed by atoms with Crippen molar-refractivity contribution in [2.75, 3.05) is 0 Å². The first-order valence-corrected chi connectivity index (χ1v) is 18.3. The lowest BCUT2D eigenvalue weighted by Crippen LogP contribution is -1.95. The molecule has 8 aromatic carbocycles. The van der Waals surface area contributed by atoms with Crippen LogP contribution in [0.15, 0.2) is 182 Å². The number of hydrogen-bond donors (Lipinski definition) is 0. The van der Waals surface area contributed by atoms with Gasteiger partial charge in [0.2, 0.25) is 0 Å². The van der Waals surface area contributed by atoms with Crippen molar-refractivity contribution in [1.29, 1.82) is 0 Å². The lowest BCUT2D eigenvalue weighted by atomic mass is 9.99. The number of nitrogens with zero attached hydrogens (tertiary/aromatic N) is 2. The maximum Gasteiger partial charge on any atom is 0.0619 e. The second-order valence-electron chi connectivity index (χ2n) is 13.3. The number of benzene rings is 8. The van der Waals surface area contributed by atoms with Gasteiger partial charge in [0.05, 0.1) is 22.1 Å². The second-order valence-corrected chi connectivity index (χ2v) is 14.4. The highest BCUT2D eigenvalue weighted by Crippen LogP contribution is 2.42. The molecular formula is C48H30N2S. The Balaban J connectivity index is 1.12. The fourth-order valence-electron chi connectivity index (χ4n) is 8.23. The summed E-state index contributed by atoms with van der Waals surface area (Å²) in [6, 6.07) is 66.7. The van der Waals surface area contributed by atoms with Crippen LogP contribution in [-0.2, 0) is 0 Å². The molecule has 3 heteroatoms. The molecule has 0 fully saturated rings. The third-order valence-corrected chi connectivity index (χ3v) is 11.7. The van der Waals surface area contributed by atoms with Gasteiger partial charge in [-0.1, -0.05) is 115 Å². The largest absolute Gasteiger partial charge is 0.309 e. The van der Waals surface area contributed by atoms with Gasteiger partial charge in [-0.05, 0) is 83.4 Å². The minimum absolute atomic E-state index is 1.16. The summed E-state index contributed by atoms with van der Waals surface area (Å²) in [6.07, 6.45) is 0. The Morgan fingerprint density at radius 2 is 0.922 bits per heavy atom. The molecule has 0 amide bonds. The predicted molar refractivity (Wildman–Crippen MR) is 219 cm³/mol. The van der Waals surface area contributed by atoms with Crippen LogP contribution < -0.4 is 0 Å². The number of rotatable bonds is 4. The average Bonchev–Trinajstić information content (AvgIpc) is 3.85. The maximum atomic E-state index is 2.43. The molecule has 0 radical (unpaired) electrons. The molecule has 51 heavy (non-hydrogen) atoms. The molecule has 0 unspecified atom stereocenters. The summed E-state index contributed by atoms with van der Waals surface area (Å²) in [5.74, 6) is 0. The molecule has 0 N–H and O–H groups in total. The first kappa shape index (κ1) is 28.4. The summed E-state index contributed by atoms with van der Waals surface area (Å²) in [7, 11) is 0. The van der Waals surface area contributed by atoms with E-state index in [9.17, 15) is 0 Å². The van der Waals surface area contributed by atoms with Crippen molar-refractivity contribution < 1.29 is 0 Å². The Morgan fingerprint density at radius 3 is 1.73 bits per heavy atom. The fraction of sp³-hybridized carbons (Fsp3) is 0. The SMILES string of the molecule is c1ccc(-c2cccc3c4cc(-c5ccc6c(c5)c5ccccc5n6-c5ccc6sc7ccccc7c6c5)ccc4n(-c4ccccc4)c23)cc1. The van der Waals surface area contributed by atoms with Crippen LogP contribution in [0.2, 0.25) is 0 Å². The van der Waals surface area contributed by atoms with Gasteiger partial charge in [0, 0.05) is 58.7 Å². The standard InChI is InChI=1S/C48H30N2S/c1-3-12-31(13-4-1)36-18-11-19-39-41-29-33(23-26-45(41)50(48(36)39)34-14-5-2-6-15-34)32-22-25-44-40(28-32)37-16-7-9-20-43(37)49(44)35-24-27-47-42(30-35)38-17-8-10-21-46(38)51-47/h1-30H. The number of para-hydroxylation sites is 3. The molecule has 0 atom stereocenters. The van der Waals surface area contributed by atoms with Crippen molar-refractivity contribution in [3.8, 4) is 33.6 Å². The van der Waals surface area contributed by atoms with E-state index in [-0.39, 0.29) is 0 Å². The van der Waals surface area contributed by atoms with Crippen LogP contribution in [0.1, 0.15) is 0 Å². The minimum atomic E-state index is 1.16. The van der Waals surface area contributed by atoms with Crippen molar-refractivity contribution in [1.82, 2.24) is 9.13 Å². The molecular weight excluding hydrogens is 637 g/mol. The molecule has 0 aliphatic rings. The van der Waals surface area contributed by atoms with Gasteiger partial charge < -0.3 is 9.13 Å². The topological polar surface area (TPSA) is 9.86 Å². The van der Waals surface area contributed by atoms with Gasteiger partial charge in [0.1, 0.15) is 0 Å². The van der Waals surface area contributed by atoms with Crippen LogP contribution in [0, 0.1) is 0 Å². The molecule has 11 rings (SSSR count). The molecule has 3 aromatic heterocycles. The van der Waals surface area contributed by atoms with Gasteiger partial charge in [-0.15, -0.1) is 11.3 Å². The Labute approximate surface area is 298 Å². The van der Waals surface area contributed by atoms with Crippen LogP contribution in [0.25, 0.3) is 97.4 Å². The zero-order chi connectivity index (χ0) is 33.5. The van der Waals surface area contributed by atoms with Crippen molar-refractivity contribution in [3.63, 3.8) is 0 Å². The third-order valence-electron chi connectivity index (χ3n) is 10.5. The van der Waals surface area contributed by atoms with E-state index in [0.29, 0.717) is 0 Å². The lowest BCUT2D eigenvalue weighted by Gasteiger charge is -2.11. The number of thiophene rings is 1. The second kappa shape index (κ2) is 11.0. The molecule has 0 bridgehead atoms. The van der Waals surface area contributed by atoms with Gasteiger partial charge in [-0.3, -0.25) is 0 Å². The normalized spacial score (nSPS) is 11.9. The van der Waals surface area contributed by atoms with E-state index in [4.69, 9.17) is 0 Å². The van der Waals surface area contributed by atoms with Crippen LogP contribution in [0.3, 0.4) is 0 Å².